The summed E-state index contributed by atoms with van der Waals surface area (Å²) in [7, 11) is 0. The monoisotopic (exact) mass is 281 g/mol. The number of pyridine rings is 1. The lowest BCUT2D eigenvalue weighted by Crippen LogP contribution is -2.40. The number of aryl methyl sites for hydroxylation is 1. The molecule has 0 bridgehead atoms. The number of nitrogens with zero attached hydrogens (tertiary/aromatic N) is 2. The average Bonchev–Trinajstić information content (AvgIpc) is 2.49. The first-order chi connectivity index (χ1) is 10.2. The first-order valence-corrected chi connectivity index (χ1v) is 7.66. The fourth-order valence-corrected chi connectivity index (χ4v) is 3.38. The number of para-hydroxylation sites is 1. The third kappa shape index (κ3) is 2.66. The minimum atomic E-state index is 0.197. The van der Waals surface area contributed by atoms with E-state index >= 15 is 0 Å². The van der Waals surface area contributed by atoms with Crippen LogP contribution in [-0.4, -0.2) is 18.1 Å². The smallest absolute Gasteiger partial charge is 0.0682 e. The molecule has 0 saturated heterocycles. The Morgan fingerprint density at radius 2 is 2.14 bits per heavy atom. The van der Waals surface area contributed by atoms with Crippen molar-refractivity contribution in [3.05, 3.63) is 59.4 Å². The first-order valence-electron chi connectivity index (χ1n) is 7.66. The minimum Gasteiger partial charge on any atom is -0.363 e. The second-order valence-electron chi connectivity index (χ2n) is 6.07. The standard InChI is InChI=1S/C18H23N3/c1-13-9-15-5-3-4-6-17(15)21(12-13)18(10-19)16-11-20-8-7-14(16)2/h3-8,11,13,18H,9-10,12,19H2,1-2H3. The Morgan fingerprint density at radius 1 is 1.33 bits per heavy atom. The molecular formula is C18H23N3. The summed E-state index contributed by atoms with van der Waals surface area (Å²) in [6.07, 6.45) is 4.96. The molecule has 1 aromatic heterocycles. The van der Waals surface area contributed by atoms with Crippen molar-refractivity contribution in [2.24, 2.45) is 11.7 Å². The summed E-state index contributed by atoms with van der Waals surface area (Å²) in [6, 6.07) is 11.0. The highest BCUT2D eigenvalue weighted by Crippen LogP contribution is 2.36. The summed E-state index contributed by atoms with van der Waals surface area (Å²) in [4.78, 5) is 6.77. The van der Waals surface area contributed by atoms with Crippen LogP contribution in [0.4, 0.5) is 5.69 Å². The van der Waals surface area contributed by atoms with E-state index in [2.05, 4.69) is 54.1 Å². The van der Waals surface area contributed by atoms with Crippen LogP contribution in [0.2, 0.25) is 0 Å². The van der Waals surface area contributed by atoms with Gasteiger partial charge in [0.1, 0.15) is 0 Å². The third-order valence-corrected chi connectivity index (χ3v) is 4.42. The molecule has 2 N–H and O–H groups in total. The lowest BCUT2D eigenvalue weighted by Gasteiger charge is -2.40. The molecule has 0 fully saturated rings. The largest absolute Gasteiger partial charge is 0.363 e. The SMILES string of the molecule is Cc1ccncc1C(CN)N1CC(C)Cc2ccccc21. The number of fused-ring (bicyclic) bond motifs is 1. The van der Waals surface area contributed by atoms with Gasteiger partial charge in [-0.15, -0.1) is 0 Å². The molecule has 0 aliphatic carbocycles. The number of hydrogen-bond donors (Lipinski definition) is 1. The van der Waals surface area contributed by atoms with Gasteiger partial charge in [-0.1, -0.05) is 25.1 Å². The highest BCUT2D eigenvalue weighted by molar-refractivity contribution is 5.57. The van der Waals surface area contributed by atoms with E-state index < -0.39 is 0 Å². The number of rotatable bonds is 3. The van der Waals surface area contributed by atoms with Crippen LogP contribution in [-0.2, 0) is 6.42 Å². The van der Waals surface area contributed by atoms with Gasteiger partial charge in [0.2, 0.25) is 0 Å². The number of hydrogen-bond acceptors (Lipinski definition) is 3. The van der Waals surface area contributed by atoms with Crippen LogP contribution in [0.5, 0.6) is 0 Å². The number of benzene rings is 1. The van der Waals surface area contributed by atoms with Crippen LogP contribution in [0.15, 0.2) is 42.7 Å². The molecule has 0 spiro atoms. The molecule has 0 radical (unpaired) electrons. The Morgan fingerprint density at radius 3 is 2.90 bits per heavy atom. The van der Waals surface area contributed by atoms with Crippen LogP contribution < -0.4 is 10.6 Å². The highest BCUT2D eigenvalue weighted by atomic mass is 15.2. The molecule has 2 heterocycles. The molecule has 1 aliphatic rings. The molecule has 110 valence electrons. The zero-order valence-corrected chi connectivity index (χ0v) is 12.8. The van der Waals surface area contributed by atoms with E-state index in [0.717, 1.165) is 13.0 Å². The van der Waals surface area contributed by atoms with Gasteiger partial charge in [0.15, 0.2) is 0 Å². The van der Waals surface area contributed by atoms with Gasteiger partial charge in [-0.2, -0.15) is 0 Å². The average molecular weight is 281 g/mol. The first kappa shape index (κ1) is 14.1. The van der Waals surface area contributed by atoms with Crippen molar-refractivity contribution in [2.45, 2.75) is 26.3 Å². The van der Waals surface area contributed by atoms with Gasteiger partial charge >= 0.3 is 0 Å². The van der Waals surface area contributed by atoms with Crippen molar-refractivity contribution in [3.8, 4) is 0 Å². The minimum absolute atomic E-state index is 0.197. The normalized spacial score (nSPS) is 19.2. The fraction of sp³-hybridized carbons (Fsp3) is 0.389. The van der Waals surface area contributed by atoms with E-state index in [1.54, 1.807) is 0 Å². The van der Waals surface area contributed by atoms with Crippen molar-refractivity contribution in [2.75, 3.05) is 18.0 Å². The summed E-state index contributed by atoms with van der Waals surface area (Å²) in [6.45, 7) is 6.10. The van der Waals surface area contributed by atoms with Gasteiger partial charge < -0.3 is 10.6 Å². The summed E-state index contributed by atoms with van der Waals surface area (Å²) < 4.78 is 0. The van der Waals surface area contributed by atoms with Crippen molar-refractivity contribution in [1.29, 1.82) is 0 Å². The zero-order chi connectivity index (χ0) is 14.8. The maximum absolute atomic E-state index is 6.14. The molecule has 0 saturated carbocycles. The second-order valence-corrected chi connectivity index (χ2v) is 6.07. The summed E-state index contributed by atoms with van der Waals surface area (Å²) in [5, 5.41) is 0. The lowest BCUT2D eigenvalue weighted by molar-refractivity contribution is 0.488. The van der Waals surface area contributed by atoms with E-state index in [4.69, 9.17) is 5.73 Å². The highest BCUT2D eigenvalue weighted by Gasteiger charge is 2.28. The van der Waals surface area contributed by atoms with Crippen molar-refractivity contribution < 1.29 is 0 Å². The van der Waals surface area contributed by atoms with E-state index in [0.29, 0.717) is 12.5 Å². The Bertz CT molecular complexity index is 623. The maximum Gasteiger partial charge on any atom is 0.0682 e. The van der Waals surface area contributed by atoms with Gasteiger partial charge in [0, 0.05) is 31.2 Å². The Labute approximate surface area is 126 Å². The predicted molar refractivity (Wildman–Crippen MR) is 87.4 cm³/mol. The molecule has 1 aromatic carbocycles. The van der Waals surface area contributed by atoms with Crippen molar-refractivity contribution >= 4 is 5.69 Å². The summed E-state index contributed by atoms with van der Waals surface area (Å²) in [5.41, 5.74) is 11.4. The van der Waals surface area contributed by atoms with Crippen molar-refractivity contribution in [3.63, 3.8) is 0 Å². The Kier molecular flexibility index (Phi) is 3.93. The zero-order valence-electron chi connectivity index (χ0n) is 12.8. The summed E-state index contributed by atoms with van der Waals surface area (Å²) in [5.74, 6) is 0.644. The van der Waals surface area contributed by atoms with Gasteiger partial charge in [0.05, 0.1) is 6.04 Å². The van der Waals surface area contributed by atoms with Crippen LogP contribution in [0.25, 0.3) is 0 Å². The van der Waals surface area contributed by atoms with E-state index in [-0.39, 0.29) is 6.04 Å². The Hall–Kier alpha value is -1.87. The van der Waals surface area contributed by atoms with E-state index in [9.17, 15) is 0 Å². The molecule has 0 amide bonds. The molecule has 1 aliphatic heterocycles. The molecular weight excluding hydrogens is 258 g/mol. The van der Waals surface area contributed by atoms with Gasteiger partial charge in [0.25, 0.3) is 0 Å². The van der Waals surface area contributed by atoms with Gasteiger partial charge in [-0.25, -0.2) is 0 Å². The second kappa shape index (κ2) is 5.86. The Balaban J connectivity index is 2.04. The third-order valence-electron chi connectivity index (χ3n) is 4.42. The number of anilines is 1. The topological polar surface area (TPSA) is 42.1 Å². The van der Waals surface area contributed by atoms with Crippen LogP contribution >= 0.6 is 0 Å². The maximum atomic E-state index is 6.14. The predicted octanol–water partition coefficient (Wildman–Crippen LogP) is 3.09. The van der Waals surface area contributed by atoms with Gasteiger partial charge in [-0.05, 0) is 48.1 Å². The molecule has 21 heavy (non-hydrogen) atoms. The molecule has 3 heteroatoms. The summed E-state index contributed by atoms with van der Waals surface area (Å²) >= 11 is 0. The van der Waals surface area contributed by atoms with Gasteiger partial charge in [-0.3, -0.25) is 4.98 Å². The van der Waals surface area contributed by atoms with Crippen LogP contribution in [0.3, 0.4) is 0 Å². The fourth-order valence-electron chi connectivity index (χ4n) is 3.38. The lowest BCUT2D eigenvalue weighted by atomic mass is 9.91. The molecule has 2 atom stereocenters. The number of aromatic nitrogens is 1. The molecule has 2 aromatic rings. The van der Waals surface area contributed by atoms with Crippen LogP contribution in [0, 0.1) is 12.8 Å². The van der Waals surface area contributed by atoms with E-state index in [1.165, 1.54) is 22.4 Å². The quantitative estimate of drug-likeness (QED) is 0.940. The van der Waals surface area contributed by atoms with E-state index in [1.807, 2.05) is 12.4 Å². The molecule has 3 nitrogen and oxygen atoms in total. The molecule has 3 rings (SSSR count). The van der Waals surface area contributed by atoms with Crippen molar-refractivity contribution in [1.82, 2.24) is 4.98 Å². The molecule has 2 unspecified atom stereocenters. The number of nitrogens with two attached hydrogens (primary N) is 1. The van der Waals surface area contributed by atoms with Crippen LogP contribution in [0.1, 0.15) is 29.7 Å².